The Morgan fingerprint density at radius 3 is 2.35 bits per heavy atom. The molecule has 1 aromatic carbocycles. The maximum atomic E-state index is 13.0. The van der Waals surface area contributed by atoms with E-state index in [1.165, 1.54) is 12.0 Å². The van der Waals surface area contributed by atoms with E-state index in [-0.39, 0.29) is 35.5 Å². The highest BCUT2D eigenvalue weighted by molar-refractivity contribution is 6.08. The van der Waals surface area contributed by atoms with Crippen LogP contribution in [-0.4, -0.2) is 29.8 Å². The highest BCUT2D eigenvalue weighted by atomic mass is 16.5. The van der Waals surface area contributed by atoms with Gasteiger partial charge in [0.2, 0.25) is 11.8 Å². The van der Waals surface area contributed by atoms with E-state index < -0.39 is 5.97 Å². The summed E-state index contributed by atoms with van der Waals surface area (Å²) < 4.78 is 4.62. The van der Waals surface area contributed by atoms with Crippen LogP contribution in [0.5, 0.6) is 0 Å². The summed E-state index contributed by atoms with van der Waals surface area (Å²) in [5.74, 6) is -1.17. The maximum Gasteiger partial charge on any atom is 0.338 e. The molecule has 3 aliphatic rings. The number of allylic oxidation sites excluding steroid dienone is 2. The number of hydrogen-bond donors (Lipinski definition) is 0. The molecule has 5 heteroatoms. The van der Waals surface area contributed by atoms with Crippen LogP contribution >= 0.6 is 0 Å². The van der Waals surface area contributed by atoms with E-state index in [0.717, 1.165) is 18.1 Å². The number of ether oxygens (including phenoxy) is 1. The minimum absolute atomic E-state index is 0.147. The molecule has 132 valence electrons. The minimum Gasteiger partial charge on any atom is -0.465 e. The molecular weight excluding hydrogens is 330 g/mol. The van der Waals surface area contributed by atoms with Crippen molar-refractivity contribution in [2.45, 2.75) is 12.8 Å². The van der Waals surface area contributed by atoms with Gasteiger partial charge in [-0.15, -0.1) is 0 Å². The fraction of sp³-hybridized carbons (Fsp3) is 0.333. The number of methoxy groups -OCH3 is 1. The quantitative estimate of drug-likeness (QED) is 0.275. The zero-order valence-corrected chi connectivity index (χ0v) is 14.4. The van der Waals surface area contributed by atoms with Gasteiger partial charge in [0.1, 0.15) is 0 Å². The Bertz CT molecular complexity index is 833. The van der Waals surface area contributed by atoms with Crippen molar-refractivity contribution < 1.29 is 19.1 Å². The molecule has 1 aliphatic heterocycles. The molecule has 0 aromatic heterocycles. The lowest BCUT2D eigenvalue weighted by atomic mass is 9.85. The van der Waals surface area contributed by atoms with Gasteiger partial charge in [0, 0.05) is 6.42 Å². The summed E-state index contributed by atoms with van der Waals surface area (Å²) in [7, 11) is 1.28. The largest absolute Gasteiger partial charge is 0.465 e. The summed E-state index contributed by atoms with van der Waals surface area (Å²) in [5, 5.41) is 0. The smallest absolute Gasteiger partial charge is 0.338 e. The van der Waals surface area contributed by atoms with Crippen LogP contribution < -0.4 is 0 Å². The average Bonchev–Trinajstić information content (AvgIpc) is 3.33. The number of likely N-dealkylation sites (tertiary alicyclic amines) is 1. The Balaban J connectivity index is 1.70. The summed E-state index contributed by atoms with van der Waals surface area (Å²) in [4.78, 5) is 38.8. The Hall–Kier alpha value is -2.91. The number of nitrogens with zero attached hydrogens (tertiary/aromatic N) is 1. The van der Waals surface area contributed by atoms with Crippen molar-refractivity contribution in [1.82, 2.24) is 4.90 Å². The maximum absolute atomic E-state index is 13.0. The van der Waals surface area contributed by atoms with Gasteiger partial charge in [0.15, 0.2) is 0 Å². The predicted molar refractivity (Wildman–Crippen MR) is 93.3 cm³/mol. The fourth-order valence-corrected chi connectivity index (χ4v) is 4.35. The van der Waals surface area contributed by atoms with Crippen molar-refractivity contribution in [2.75, 3.05) is 7.11 Å². The van der Waals surface area contributed by atoms with Gasteiger partial charge in [0.05, 0.1) is 30.7 Å². The highest BCUT2D eigenvalue weighted by Gasteiger charge is 2.59. The van der Waals surface area contributed by atoms with E-state index >= 15 is 0 Å². The van der Waals surface area contributed by atoms with E-state index in [1.54, 1.807) is 0 Å². The molecule has 2 bridgehead atoms. The van der Waals surface area contributed by atoms with Gasteiger partial charge in [0.25, 0.3) is 0 Å². The van der Waals surface area contributed by atoms with Crippen molar-refractivity contribution in [1.29, 1.82) is 0 Å². The number of imide groups is 1. The second-order valence-corrected chi connectivity index (χ2v) is 6.93. The first-order chi connectivity index (χ1) is 12.6. The lowest BCUT2D eigenvalue weighted by Gasteiger charge is -2.19. The number of rotatable bonds is 4. The van der Waals surface area contributed by atoms with Gasteiger partial charge in [-0.05, 0) is 23.8 Å². The van der Waals surface area contributed by atoms with Gasteiger partial charge in [-0.25, -0.2) is 9.69 Å². The molecule has 1 heterocycles. The second kappa shape index (κ2) is 6.43. The molecule has 4 rings (SSSR count). The number of benzene rings is 1. The van der Waals surface area contributed by atoms with Crippen molar-refractivity contribution in [3.8, 4) is 0 Å². The summed E-state index contributed by atoms with van der Waals surface area (Å²) in [5.41, 5.74) is 4.17. The molecule has 5 nitrogen and oxygen atoms in total. The van der Waals surface area contributed by atoms with Crippen LogP contribution in [0.4, 0.5) is 0 Å². The summed E-state index contributed by atoms with van der Waals surface area (Å²) in [6.45, 7) is 0. The topological polar surface area (TPSA) is 63.7 Å². The first-order valence-electron chi connectivity index (χ1n) is 8.73. The molecule has 1 saturated heterocycles. The zero-order chi connectivity index (χ0) is 18.3. The third-order valence-electron chi connectivity index (χ3n) is 5.51. The van der Waals surface area contributed by atoms with Gasteiger partial charge in [-0.3, -0.25) is 9.59 Å². The van der Waals surface area contributed by atoms with E-state index in [2.05, 4.69) is 22.6 Å². The molecule has 0 N–H and O–H groups in total. The minimum atomic E-state index is -0.573. The SMILES string of the molecule is COC(=O)C=C=C(Cc1ccccc1)N1C(=O)C2C3C=CC(C3)C2C1=O. The lowest BCUT2D eigenvalue weighted by molar-refractivity contribution is -0.138. The summed E-state index contributed by atoms with van der Waals surface area (Å²) in [6.07, 6.45) is 6.49. The molecule has 0 spiro atoms. The lowest BCUT2D eigenvalue weighted by Crippen LogP contribution is -2.33. The van der Waals surface area contributed by atoms with Crippen LogP contribution in [0.15, 0.2) is 60.0 Å². The van der Waals surface area contributed by atoms with Crippen LogP contribution in [-0.2, 0) is 25.5 Å². The molecule has 4 atom stereocenters. The van der Waals surface area contributed by atoms with Crippen LogP contribution in [0.25, 0.3) is 0 Å². The van der Waals surface area contributed by atoms with E-state index in [9.17, 15) is 14.4 Å². The number of carbonyl (C=O) groups is 3. The molecule has 1 aromatic rings. The van der Waals surface area contributed by atoms with Crippen molar-refractivity contribution in [3.05, 3.63) is 65.6 Å². The van der Waals surface area contributed by atoms with Gasteiger partial charge >= 0.3 is 5.97 Å². The molecule has 4 unspecified atom stereocenters. The number of amides is 2. The third-order valence-corrected chi connectivity index (χ3v) is 5.51. The molecule has 0 radical (unpaired) electrons. The van der Waals surface area contributed by atoms with E-state index in [0.29, 0.717) is 12.1 Å². The Morgan fingerprint density at radius 1 is 1.15 bits per heavy atom. The van der Waals surface area contributed by atoms with Crippen molar-refractivity contribution >= 4 is 17.8 Å². The summed E-state index contributed by atoms with van der Waals surface area (Å²) >= 11 is 0. The van der Waals surface area contributed by atoms with Gasteiger partial charge in [-0.1, -0.05) is 48.2 Å². The predicted octanol–water partition coefficient (Wildman–Crippen LogP) is 2.25. The molecule has 1 saturated carbocycles. The van der Waals surface area contributed by atoms with E-state index in [1.807, 2.05) is 30.3 Å². The van der Waals surface area contributed by atoms with E-state index in [4.69, 9.17) is 0 Å². The first kappa shape index (κ1) is 16.6. The zero-order valence-electron chi connectivity index (χ0n) is 14.4. The first-order valence-corrected chi connectivity index (χ1v) is 8.73. The van der Waals surface area contributed by atoms with Crippen LogP contribution in [0.1, 0.15) is 12.0 Å². The highest BCUT2D eigenvalue weighted by Crippen LogP contribution is 2.53. The fourth-order valence-electron chi connectivity index (χ4n) is 4.35. The second-order valence-electron chi connectivity index (χ2n) is 6.93. The number of hydrogen-bond acceptors (Lipinski definition) is 4. The molecule has 2 fully saturated rings. The van der Waals surface area contributed by atoms with Crippen LogP contribution in [0.2, 0.25) is 0 Å². The van der Waals surface area contributed by atoms with Crippen LogP contribution in [0, 0.1) is 23.7 Å². The summed E-state index contributed by atoms with van der Waals surface area (Å²) in [6, 6.07) is 9.51. The Labute approximate surface area is 151 Å². The molecular formula is C21H19NO4. The number of fused-ring (bicyclic) bond motifs is 5. The number of carbonyl (C=O) groups excluding carboxylic acids is 3. The molecule has 26 heavy (non-hydrogen) atoms. The van der Waals surface area contributed by atoms with Crippen molar-refractivity contribution in [2.24, 2.45) is 23.7 Å². The number of esters is 1. The van der Waals surface area contributed by atoms with Crippen LogP contribution in [0.3, 0.4) is 0 Å². The van der Waals surface area contributed by atoms with Gasteiger partial charge < -0.3 is 4.74 Å². The Kier molecular flexibility index (Phi) is 4.09. The monoisotopic (exact) mass is 349 g/mol. The Morgan fingerprint density at radius 2 is 1.77 bits per heavy atom. The standard InChI is InChI=1S/C21H19NO4/c1-26-17(23)10-9-16(11-13-5-3-2-4-6-13)22-20(24)18-14-7-8-15(12-14)19(18)21(22)25/h2-8,10,14-15,18-19H,11-12H2,1H3. The molecule has 2 aliphatic carbocycles. The molecule has 2 amide bonds. The normalized spacial score (nSPS) is 28.1. The van der Waals surface area contributed by atoms with Crippen molar-refractivity contribution in [3.63, 3.8) is 0 Å². The third kappa shape index (κ3) is 2.61. The average molecular weight is 349 g/mol. The van der Waals surface area contributed by atoms with Gasteiger partial charge in [-0.2, -0.15) is 0 Å².